The van der Waals surface area contributed by atoms with Gasteiger partial charge in [-0.15, -0.1) is 5.10 Å². The van der Waals surface area contributed by atoms with Crippen molar-refractivity contribution in [2.45, 2.75) is 45.8 Å². The predicted octanol–water partition coefficient (Wildman–Crippen LogP) is 4.11. The SMILES string of the molecule is Cc1nc(C(N)=O)nn1-c1ccc(Cc2ccc(-c3ccc(CN4C[C@@H](C)N[C@@H](C)C4)cc3)cc2)cc1. The number of aromatic nitrogens is 3. The molecule has 37 heavy (non-hydrogen) atoms. The number of amides is 1. The second-order valence-corrected chi connectivity index (χ2v) is 10.2. The number of primary amides is 1. The molecule has 3 N–H and O–H groups in total. The highest BCUT2D eigenvalue weighted by molar-refractivity contribution is 5.88. The lowest BCUT2D eigenvalue weighted by Crippen LogP contribution is -2.53. The number of carbonyl (C=O) groups excluding carboxylic acids is 1. The minimum atomic E-state index is -0.627. The smallest absolute Gasteiger partial charge is 0.288 e. The van der Waals surface area contributed by atoms with E-state index in [1.807, 2.05) is 12.1 Å². The number of nitrogens with one attached hydrogen (secondary N) is 1. The van der Waals surface area contributed by atoms with E-state index in [9.17, 15) is 4.79 Å². The van der Waals surface area contributed by atoms with Crippen LogP contribution < -0.4 is 11.1 Å². The van der Waals surface area contributed by atoms with Gasteiger partial charge in [-0.3, -0.25) is 9.69 Å². The quantitative estimate of drug-likeness (QED) is 0.404. The van der Waals surface area contributed by atoms with Gasteiger partial charge >= 0.3 is 0 Å². The Bertz CT molecular complexity index is 1350. The maximum absolute atomic E-state index is 11.4. The summed E-state index contributed by atoms with van der Waals surface area (Å²) in [5.41, 5.74) is 12.4. The van der Waals surface area contributed by atoms with E-state index in [0.717, 1.165) is 31.7 Å². The topological polar surface area (TPSA) is 89.1 Å². The fourth-order valence-corrected chi connectivity index (χ4v) is 5.17. The molecule has 0 spiro atoms. The highest BCUT2D eigenvalue weighted by Gasteiger charge is 2.20. The molecule has 0 aliphatic carbocycles. The van der Waals surface area contributed by atoms with E-state index in [1.165, 1.54) is 27.8 Å². The second-order valence-electron chi connectivity index (χ2n) is 10.2. The first-order valence-corrected chi connectivity index (χ1v) is 12.8. The Morgan fingerprint density at radius 1 is 0.865 bits per heavy atom. The molecule has 4 aromatic rings. The van der Waals surface area contributed by atoms with Gasteiger partial charge in [0.25, 0.3) is 5.91 Å². The van der Waals surface area contributed by atoms with E-state index in [-0.39, 0.29) is 5.82 Å². The highest BCUT2D eigenvalue weighted by Crippen LogP contribution is 2.23. The first kappa shape index (κ1) is 24.9. The van der Waals surface area contributed by atoms with Crippen LogP contribution in [0.5, 0.6) is 0 Å². The van der Waals surface area contributed by atoms with Crippen LogP contribution in [-0.2, 0) is 13.0 Å². The molecule has 1 saturated heterocycles. The minimum Gasteiger partial charge on any atom is -0.363 e. The van der Waals surface area contributed by atoms with Crippen LogP contribution in [0, 0.1) is 6.92 Å². The molecular weight excluding hydrogens is 460 g/mol. The standard InChI is InChI=1S/C30H34N6O/c1-20-17-35(18-21(2)32-20)19-25-6-12-27(13-7-25)26-10-4-23(5-11-26)16-24-8-14-28(15-9-24)36-22(3)33-30(34-36)29(31)37/h4-15,20-21,32H,16-19H2,1-3H3,(H2,31,37)/t20-,21+. The lowest BCUT2D eigenvalue weighted by atomic mass is 9.99. The van der Waals surface area contributed by atoms with Crippen molar-refractivity contribution < 1.29 is 4.79 Å². The zero-order chi connectivity index (χ0) is 25.9. The largest absolute Gasteiger partial charge is 0.363 e. The predicted molar refractivity (Wildman–Crippen MR) is 147 cm³/mol. The molecule has 1 amide bonds. The zero-order valence-corrected chi connectivity index (χ0v) is 21.7. The van der Waals surface area contributed by atoms with Gasteiger partial charge in [0.15, 0.2) is 0 Å². The Labute approximate surface area is 218 Å². The number of aryl methyl sites for hydroxylation is 1. The van der Waals surface area contributed by atoms with Crippen LogP contribution in [0.4, 0.5) is 0 Å². The van der Waals surface area contributed by atoms with E-state index in [4.69, 9.17) is 5.73 Å². The summed E-state index contributed by atoms with van der Waals surface area (Å²) in [4.78, 5) is 18.0. The third kappa shape index (κ3) is 5.96. The molecule has 7 heteroatoms. The molecule has 7 nitrogen and oxygen atoms in total. The molecule has 2 atom stereocenters. The number of carbonyl (C=O) groups is 1. The molecule has 5 rings (SSSR count). The average Bonchev–Trinajstić information content (AvgIpc) is 3.27. The molecule has 0 unspecified atom stereocenters. The Morgan fingerprint density at radius 2 is 1.38 bits per heavy atom. The first-order chi connectivity index (χ1) is 17.8. The average molecular weight is 495 g/mol. The van der Waals surface area contributed by atoms with Crippen molar-refractivity contribution in [1.82, 2.24) is 25.0 Å². The lowest BCUT2D eigenvalue weighted by Gasteiger charge is -2.36. The fourth-order valence-electron chi connectivity index (χ4n) is 5.17. The molecule has 2 heterocycles. The Kier molecular flexibility index (Phi) is 7.17. The van der Waals surface area contributed by atoms with Gasteiger partial charge in [-0.25, -0.2) is 9.67 Å². The third-order valence-corrected chi connectivity index (χ3v) is 6.86. The van der Waals surface area contributed by atoms with Crippen molar-refractivity contribution in [2.24, 2.45) is 5.73 Å². The third-order valence-electron chi connectivity index (χ3n) is 6.86. The summed E-state index contributed by atoms with van der Waals surface area (Å²) < 4.78 is 1.63. The van der Waals surface area contributed by atoms with Crippen LogP contribution in [0.3, 0.4) is 0 Å². The molecule has 1 fully saturated rings. The number of benzene rings is 3. The van der Waals surface area contributed by atoms with Crippen LogP contribution in [-0.4, -0.2) is 50.7 Å². The van der Waals surface area contributed by atoms with E-state index in [2.05, 4.69) is 94.8 Å². The lowest BCUT2D eigenvalue weighted by molar-refractivity contribution is 0.0990. The first-order valence-electron chi connectivity index (χ1n) is 12.8. The van der Waals surface area contributed by atoms with Gasteiger partial charge in [-0.2, -0.15) is 0 Å². The Hall–Kier alpha value is -3.81. The zero-order valence-electron chi connectivity index (χ0n) is 21.7. The summed E-state index contributed by atoms with van der Waals surface area (Å²) in [7, 11) is 0. The Balaban J connectivity index is 1.21. The van der Waals surface area contributed by atoms with Crippen molar-refractivity contribution in [1.29, 1.82) is 0 Å². The van der Waals surface area contributed by atoms with Crippen molar-refractivity contribution >= 4 is 5.91 Å². The molecule has 1 aliphatic heterocycles. The van der Waals surface area contributed by atoms with Gasteiger partial charge in [0.05, 0.1) is 5.69 Å². The van der Waals surface area contributed by atoms with E-state index >= 15 is 0 Å². The number of hydrogen-bond acceptors (Lipinski definition) is 5. The summed E-state index contributed by atoms with van der Waals surface area (Å²) in [6, 6.07) is 27.0. The minimum absolute atomic E-state index is 0.0279. The summed E-state index contributed by atoms with van der Waals surface area (Å²) in [6.45, 7) is 9.49. The van der Waals surface area contributed by atoms with Crippen LogP contribution in [0.2, 0.25) is 0 Å². The summed E-state index contributed by atoms with van der Waals surface area (Å²) >= 11 is 0. The molecule has 190 valence electrons. The maximum Gasteiger partial charge on any atom is 0.288 e. The van der Waals surface area contributed by atoms with Crippen molar-refractivity contribution in [2.75, 3.05) is 13.1 Å². The van der Waals surface area contributed by atoms with Crippen LogP contribution in [0.15, 0.2) is 72.8 Å². The maximum atomic E-state index is 11.4. The second kappa shape index (κ2) is 10.7. The summed E-state index contributed by atoms with van der Waals surface area (Å²) in [6.07, 6.45) is 0.837. The van der Waals surface area contributed by atoms with Crippen LogP contribution >= 0.6 is 0 Å². The van der Waals surface area contributed by atoms with Crippen molar-refractivity contribution in [3.63, 3.8) is 0 Å². The molecule has 0 saturated carbocycles. The molecule has 1 aromatic heterocycles. The number of nitrogens with zero attached hydrogens (tertiary/aromatic N) is 4. The van der Waals surface area contributed by atoms with Gasteiger partial charge in [-0.1, -0.05) is 60.7 Å². The molecule has 1 aliphatic rings. The van der Waals surface area contributed by atoms with E-state index < -0.39 is 5.91 Å². The fraction of sp³-hybridized carbons (Fsp3) is 0.300. The van der Waals surface area contributed by atoms with Crippen LogP contribution in [0.25, 0.3) is 16.8 Å². The molecule has 0 radical (unpaired) electrons. The Morgan fingerprint density at radius 3 is 1.89 bits per heavy atom. The van der Waals surface area contributed by atoms with Gasteiger partial charge < -0.3 is 11.1 Å². The number of hydrogen-bond donors (Lipinski definition) is 2. The van der Waals surface area contributed by atoms with Crippen molar-refractivity contribution in [3.8, 4) is 16.8 Å². The number of nitrogens with two attached hydrogens (primary N) is 1. The summed E-state index contributed by atoms with van der Waals surface area (Å²) in [5, 5.41) is 7.80. The molecule has 3 aromatic carbocycles. The molecule has 0 bridgehead atoms. The van der Waals surface area contributed by atoms with Gasteiger partial charge in [-0.05, 0) is 67.1 Å². The van der Waals surface area contributed by atoms with Crippen LogP contribution in [0.1, 0.15) is 47.0 Å². The number of piperazine rings is 1. The van der Waals surface area contributed by atoms with Gasteiger partial charge in [0.1, 0.15) is 5.82 Å². The number of rotatable bonds is 7. The molecular formula is C30H34N6O. The highest BCUT2D eigenvalue weighted by atomic mass is 16.1. The van der Waals surface area contributed by atoms with Gasteiger partial charge in [0.2, 0.25) is 5.82 Å². The van der Waals surface area contributed by atoms with E-state index in [1.54, 1.807) is 11.6 Å². The van der Waals surface area contributed by atoms with Gasteiger partial charge in [0, 0.05) is 31.7 Å². The van der Waals surface area contributed by atoms with Crippen molar-refractivity contribution in [3.05, 3.63) is 101 Å². The summed E-state index contributed by atoms with van der Waals surface area (Å²) in [5.74, 6) is 0.0238. The monoisotopic (exact) mass is 494 g/mol. The normalized spacial score (nSPS) is 18.1. The van der Waals surface area contributed by atoms with E-state index in [0.29, 0.717) is 17.9 Å².